The summed E-state index contributed by atoms with van der Waals surface area (Å²) in [6, 6.07) is 10.7. The summed E-state index contributed by atoms with van der Waals surface area (Å²) in [6.07, 6.45) is 4.43. The second-order valence-corrected chi connectivity index (χ2v) is 7.98. The minimum atomic E-state index is 0.770. The lowest BCUT2D eigenvalue weighted by Crippen LogP contribution is -3.11. The van der Waals surface area contributed by atoms with Gasteiger partial charge in [-0.1, -0.05) is 41.7 Å². The summed E-state index contributed by atoms with van der Waals surface area (Å²) in [6.45, 7) is 7.38. The van der Waals surface area contributed by atoms with E-state index in [1.165, 1.54) is 16.0 Å². The van der Waals surface area contributed by atoms with Crippen molar-refractivity contribution in [3.63, 3.8) is 0 Å². The van der Waals surface area contributed by atoms with Gasteiger partial charge in [-0.05, 0) is 42.8 Å². The summed E-state index contributed by atoms with van der Waals surface area (Å²) in [7, 11) is 0. The Morgan fingerprint density at radius 2 is 2.19 bits per heavy atom. The van der Waals surface area contributed by atoms with Crippen molar-refractivity contribution in [2.45, 2.75) is 26.4 Å². The lowest BCUT2D eigenvalue weighted by atomic mass is 10.00. The molecular formula is C19H27N4OS2+. The molecule has 1 aliphatic rings. The van der Waals surface area contributed by atoms with Crippen LogP contribution in [0.3, 0.4) is 0 Å². The molecule has 2 N–H and O–H groups in total. The number of anilines is 1. The Kier molecular flexibility index (Phi) is 7.37. The first kappa shape index (κ1) is 19.2. The highest BCUT2D eigenvalue weighted by molar-refractivity contribution is 7.73. The summed E-state index contributed by atoms with van der Waals surface area (Å²) in [5.74, 6) is 0. The summed E-state index contributed by atoms with van der Waals surface area (Å²) >= 11 is 7.04. The molecule has 0 saturated heterocycles. The van der Waals surface area contributed by atoms with Gasteiger partial charge < -0.3 is 15.0 Å². The first-order chi connectivity index (χ1) is 12.8. The average Bonchev–Trinajstić information content (AvgIpc) is 3.02. The lowest BCUT2D eigenvalue weighted by molar-refractivity contribution is -0.918. The molecule has 5 nitrogen and oxygen atoms in total. The SMILES string of the molecule is CCOCCCNc1nn(C[NH+]2CC=C(c3ccccc3)CC2)c(=S)s1. The summed E-state index contributed by atoms with van der Waals surface area (Å²) < 4.78 is 8.15. The Morgan fingerprint density at radius 3 is 2.92 bits per heavy atom. The summed E-state index contributed by atoms with van der Waals surface area (Å²) in [5, 5.41) is 8.89. The van der Waals surface area contributed by atoms with E-state index in [4.69, 9.17) is 17.0 Å². The van der Waals surface area contributed by atoms with E-state index in [9.17, 15) is 0 Å². The van der Waals surface area contributed by atoms with Gasteiger partial charge in [-0.3, -0.25) is 0 Å². The molecule has 140 valence electrons. The van der Waals surface area contributed by atoms with Gasteiger partial charge in [0, 0.05) is 26.2 Å². The van der Waals surface area contributed by atoms with Gasteiger partial charge in [-0.2, -0.15) is 4.68 Å². The van der Waals surface area contributed by atoms with Crippen molar-refractivity contribution in [3.8, 4) is 0 Å². The predicted octanol–water partition coefficient (Wildman–Crippen LogP) is 2.84. The van der Waals surface area contributed by atoms with Gasteiger partial charge in [0.15, 0.2) is 10.6 Å². The minimum Gasteiger partial charge on any atom is -0.382 e. The van der Waals surface area contributed by atoms with Crippen molar-refractivity contribution in [2.75, 3.05) is 38.2 Å². The zero-order valence-corrected chi connectivity index (χ0v) is 16.9. The van der Waals surface area contributed by atoms with Gasteiger partial charge in [0.1, 0.15) is 0 Å². The van der Waals surface area contributed by atoms with E-state index in [2.05, 4.69) is 46.8 Å². The number of hydrogen-bond acceptors (Lipinski definition) is 5. The monoisotopic (exact) mass is 391 g/mol. The fourth-order valence-electron chi connectivity index (χ4n) is 3.04. The fourth-order valence-corrected chi connectivity index (χ4v) is 4.08. The second kappa shape index (κ2) is 9.97. The Bertz CT molecular complexity index is 769. The van der Waals surface area contributed by atoms with E-state index < -0.39 is 0 Å². The number of rotatable bonds is 9. The smallest absolute Gasteiger partial charge is 0.204 e. The molecule has 1 aromatic carbocycles. The quantitative estimate of drug-likeness (QED) is 0.510. The maximum absolute atomic E-state index is 5.49. The molecule has 1 atom stereocenters. The van der Waals surface area contributed by atoms with E-state index in [-0.39, 0.29) is 0 Å². The molecule has 0 fully saturated rings. The number of quaternary nitrogens is 1. The predicted molar refractivity (Wildman–Crippen MR) is 110 cm³/mol. The number of benzene rings is 1. The molecule has 7 heteroatoms. The molecule has 0 spiro atoms. The molecule has 1 unspecified atom stereocenters. The number of nitrogens with zero attached hydrogens (tertiary/aromatic N) is 2. The molecule has 0 radical (unpaired) electrons. The molecule has 2 aromatic rings. The van der Waals surface area contributed by atoms with Crippen LogP contribution < -0.4 is 10.2 Å². The van der Waals surface area contributed by atoms with E-state index in [0.717, 1.165) is 61.4 Å². The molecule has 1 aliphatic heterocycles. The van der Waals surface area contributed by atoms with Crippen molar-refractivity contribution < 1.29 is 9.64 Å². The van der Waals surface area contributed by atoms with Crippen molar-refractivity contribution in [1.29, 1.82) is 0 Å². The highest BCUT2D eigenvalue weighted by atomic mass is 32.1. The van der Waals surface area contributed by atoms with Gasteiger partial charge in [0.2, 0.25) is 5.13 Å². The van der Waals surface area contributed by atoms with Crippen LogP contribution in [0.2, 0.25) is 0 Å². The molecule has 26 heavy (non-hydrogen) atoms. The maximum atomic E-state index is 5.49. The van der Waals surface area contributed by atoms with Crippen LogP contribution in [0.1, 0.15) is 25.3 Å². The number of aromatic nitrogens is 2. The average molecular weight is 392 g/mol. The fraction of sp³-hybridized carbons (Fsp3) is 0.474. The molecule has 2 heterocycles. The number of nitrogens with one attached hydrogen (secondary N) is 2. The summed E-state index contributed by atoms with van der Waals surface area (Å²) in [5.41, 5.74) is 2.79. The van der Waals surface area contributed by atoms with Gasteiger partial charge in [0.05, 0.1) is 13.1 Å². The number of hydrogen-bond donors (Lipinski definition) is 2. The highest BCUT2D eigenvalue weighted by Crippen LogP contribution is 2.18. The van der Waals surface area contributed by atoms with Gasteiger partial charge in [-0.25, -0.2) is 0 Å². The first-order valence-corrected chi connectivity index (χ1v) is 10.5. The first-order valence-electron chi connectivity index (χ1n) is 9.24. The van der Waals surface area contributed by atoms with Crippen molar-refractivity contribution in [3.05, 3.63) is 45.9 Å². The van der Waals surface area contributed by atoms with Crippen LogP contribution in [0, 0.1) is 3.95 Å². The van der Waals surface area contributed by atoms with E-state index in [1.54, 1.807) is 11.3 Å². The van der Waals surface area contributed by atoms with Gasteiger partial charge in [-0.15, -0.1) is 5.10 Å². The Hall–Kier alpha value is -1.54. The van der Waals surface area contributed by atoms with Crippen molar-refractivity contribution >= 4 is 34.3 Å². The standard InChI is InChI=1S/C19H26N4OS2/c1-2-24-14-6-11-20-18-21-23(19(25)26-18)15-22-12-9-17(10-13-22)16-7-4-3-5-8-16/h3-5,7-9H,2,6,10-15H2,1H3,(H,20,21)/p+1. The Morgan fingerprint density at radius 1 is 1.35 bits per heavy atom. The van der Waals surface area contributed by atoms with E-state index in [0.29, 0.717) is 0 Å². The molecule has 0 amide bonds. The van der Waals surface area contributed by atoms with E-state index in [1.807, 2.05) is 11.6 Å². The normalized spacial score (nSPS) is 17.1. The third kappa shape index (κ3) is 5.48. The highest BCUT2D eigenvalue weighted by Gasteiger charge is 2.17. The van der Waals surface area contributed by atoms with Crippen molar-refractivity contribution in [1.82, 2.24) is 9.78 Å². The topological polar surface area (TPSA) is 43.5 Å². The number of ether oxygens (including phenoxy) is 1. The van der Waals surface area contributed by atoms with Gasteiger partial charge in [0.25, 0.3) is 0 Å². The molecule has 3 rings (SSSR count). The maximum Gasteiger partial charge on any atom is 0.204 e. The Balaban J connectivity index is 1.50. The molecule has 0 bridgehead atoms. The largest absolute Gasteiger partial charge is 0.382 e. The van der Waals surface area contributed by atoms with Crippen LogP contribution in [0.25, 0.3) is 5.57 Å². The molecule has 0 saturated carbocycles. The molecular weight excluding hydrogens is 364 g/mol. The van der Waals surface area contributed by atoms with E-state index >= 15 is 0 Å². The van der Waals surface area contributed by atoms with Gasteiger partial charge >= 0.3 is 0 Å². The van der Waals surface area contributed by atoms with Crippen LogP contribution in [0.15, 0.2) is 36.4 Å². The third-order valence-electron chi connectivity index (χ3n) is 4.46. The molecule has 0 aliphatic carbocycles. The van der Waals surface area contributed by atoms with Crippen molar-refractivity contribution in [2.24, 2.45) is 0 Å². The van der Waals surface area contributed by atoms with Crippen LogP contribution >= 0.6 is 23.6 Å². The van der Waals surface area contributed by atoms with Crippen LogP contribution in [-0.2, 0) is 11.4 Å². The van der Waals surface area contributed by atoms with Crippen LogP contribution in [0.4, 0.5) is 5.13 Å². The summed E-state index contributed by atoms with van der Waals surface area (Å²) in [4.78, 5) is 1.49. The molecule has 1 aromatic heterocycles. The zero-order chi connectivity index (χ0) is 18.2. The van der Waals surface area contributed by atoms with Crippen LogP contribution in [0.5, 0.6) is 0 Å². The Labute approximate surface area is 164 Å². The lowest BCUT2D eigenvalue weighted by Gasteiger charge is -2.23. The van der Waals surface area contributed by atoms with Crippen LogP contribution in [-0.4, -0.2) is 42.6 Å². The third-order valence-corrected chi connectivity index (χ3v) is 5.72. The zero-order valence-electron chi connectivity index (χ0n) is 15.2. The second-order valence-electron chi connectivity index (χ2n) is 6.36. The minimum absolute atomic E-state index is 0.770.